The molecule has 3 N–H and O–H groups in total. The fourth-order valence-electron chi connectivity index (χ4n) is 3.20. The molecule has 112 valence electrons. The summed E-state index contributed by atoms with van der Waals surface area (Å²) in [6, 6.07) is 10.6. The summed E-state index contributed by atoms with van der Waals surface area (Å²) in [6.45, 7) is 3.06. The summed E-state index contributed by atoms with van der Waals surface area (Å²) in [7, 11) is 0. The number of H-pyrrole nitrogens is 2. The Bertz CT molecular complexity index is 939. The lowest BCUT2D eigenvalue weighted by Gasteiger charge is -2.23. The van der Waals surface area contributed by atoms with Crippen molar-refractivity contribution in [2.75, 3.05) is 6.54 Å². The molecule has 22 heavy (non-hydrogen) atoms. The van der Waals surface area contributed by atoms with Crippen molar-refractivity contribution in [2.45, 2.75) is 19.5 Å². The number of quaternary nitrogens is 1. The van der Waals surface area contributed by atoms with Crippen LogP contribution in [0.1, 0.15) is 16.0 Å². The minimum Gasteiger partial charge on any atom is -0.326 e. The van der Waals surface area contributed by atoms with Crippen molar-refractivity contribution >= 4 is 33.8 Å². The van der Waals surface area contributed by atoms with Gasteiger partial charge in [-0.25, -0.2) is 0 Å². The highest BCUT2D eigenvalue weighted by Gasteiger charge is 2.25. The van der Waals surface area contributed by atoms with Crippen LogP contribution in [-0.4, -0.2) is 16.5 Å². The van der Waals surface area contributed by atoms with Gasteiger partial charge in [-0.05, 0) is 17.8 Å². The number of nitrogens with one attached hydrogen (secondary N) is 3. The Morgan fingerprint density at radius 2 is 2.05 bits per heavy atom. The molecule has 1 aliphatic rings. The second kappa shape index (κ2) is 5.46. The van der Waals surface area contributed by atoms with E-state index in [1.165, 1.54) is 16.0 Å². The van der Waals surface area contributed by atoms with Crippen molar-refractivity contribution in [3.8, 4) is 0 Å². The second-order valence-electron chi connectivity index (χ2n) is 5.71. The molecule has 0 saturated carbocycles. The van der Waals surface area contributed by atoms with Gasteiger partial charge in [0, 0.05) is 12.0 Å². The zero-order valence-electron chi connectivity index (χ0n) is 11.9. The third-order valence-electron chi connectivity index (χ3n) is 4.21. The van der Waals surface area contributed by atoms with E-state index in [2.05, 4.69) is 34.2 Å². The van der Waals surface area contributed by atoms with Crippen LogP contribution in [0.15, 0.2) is 35.1 Å². The number of fused-ring (bicyclic) bond motifs is 3. The predicted octanol–water partition coefficient (Wildman–Crippen LogP) is 1.79. The predicted molar refractivity (Wildman–Crippen MR) is 91.0 cm³/mol. The molecule has 0 radical (unpaired) electrons. The molecule has 1 unspecified atom stereocenters. The van der Waals surface area contributed by atoms with Gasteiger partial charge in [0.1, 0.15) is 17.9 Å². The molecule has 1 atom stereocenters. The molecule has 0 fully saturated rings. The van der Waals surface area contributed by atoms with Crippen LogP contribution < -0.4 is 10.5 Å². The average molecular weight is 330 g/mol. The van der Waals surface area contributed by atoms with Gasteiger partial charge in [0.2, 0.25) is 0 Å². The molecule has 1 aromatic carbocycles. The van der Waals surface area contributed by atoms with E-state index in [9.17, 15) is 4.79 Å². The quantitative estimate of drug-likeness (QED) is 0.628. The number of hydrogen-bond donors (Lipinski definition) is 3. The van der Waals surface area contributed by atoms with Gasteiger partial charge in [-0.2, -0.15) is 0 Å². The first-order chi connectivity index (χ1) is 10.7. The molecule has 0 bridgehead atoms. The molecule has 0 aliphatic carbocycles. The van der Waals surface area contributed by atoms with Crippen LogP contribution in [-0.2, 0) is 19.5 Å². The Balaban J connectivity index is 1.68. The summed E-state index contributed by atoms with van der Waals surface area (Å²) in [5, 5.41) is 0.812. The standard InChI is InChI=1S/C16H15N3OS2/c20-14-13-11-6-7-19(8-10-4-2-1-3-5-10)9-12(11)22-15(13)18-16(21)17-14/h1-5H,6-9H2,(H2,17,18,20,21)/p+1. The molecule has 6 heteroatoms. The Hall–Kier alpha value is -1.76. The van der Waals surface area contributed by atoms with Gasteiger partial charge in [0.25, 0.3) is 5.56 Å². The topological polar surface area (TPSA) is 53.1 Å². The fraction of sp³-hybridized carbons (Fsp3) is 0.250. The molecular formula is C16H16N3OS2+. The first-order valence-corrected chi connectivity index (χ1v) is 8.57. The van der Waals surface area contributed by atoms with Crippen LogP contribution in [0.25, 0.3) is 10.2 Å². The summed E-state index contributed by atoms with van der Waals surface area (Å²) in [5.74, 6) is 0. The van der Waals surface area contributed by atoms with Crippen LogP contribution in [0.4, 0.5) is 0 Å². The molecule has 0 spiro atoms. The monoisotopic (exact) mass is 330 g/mol. The lowest BCUT2D eigenvalue weighted by atomic mass is 10.0. The first kappa shape index (κ1) is 13.9. The van der Waals surface area contributed by atoms with E-state index in [4.69, 9.17) is 12.2 Å². The molecule has 2 aromatic heterocycles. The van der Waals surface area contributed by atoms with Gasteiger partial charge in [-0.3, -0.25) is 9.78 Å². The van der Waals surface area contributed by atoms with Crippen LogP contribution in [0, 0.1) is 4.77 Å². The number of aromatic nitrogens is 2. The number of rotatable bonds is 2. The van der Waals surface area contributed by atoms with Crippen LogP contribution in [0.2, 0.25) is 0 Å². The summed E-state index contributed by atoms with van der Waals surface area (Å²) in [5.41, 5.74) is 2.52. The Labute approximate surface area is 136 Å². The lowest BCUT2D eigenvalue weighted by molar-refractivity contribution is -0.929. The van der Waals surface area contributed by atoms with E-state index in [0.29, 0.717) is 4.77 Å². The zero-order chi connectivity index (χ0) is 15.1. The molecule has 1 aliphatic heterocycles. The summed E-state index contributed by atoms with van der Waals surface area (Å²) < 4.78 is 0.407. The molecule has 4 nitrogen and oxygen atoms in total. The van der Waals surface area contributed by atoms with Gasteiger partial charge in [0.15, 0.2) is 4.77 Å². The largest absolute Gasteiger partial charge is 0.326 e. The maximum atomic E-state index is 12.2. The zero-order valence-corrected chi connectivity index (χ0v) is 13.6. The Morgan fingerprint density at radius 1 is 1.23 bits per heavy atom. The van der Waals surface area contributed by atoms with E-state index < -0.39 is 0 Å². The highest BCUT2D eigenvalue weighted by Crippen LogP contribution is 2.28. The summed E-state index contributed by atoms with van der Waals surface area (Å²) >= 11 is 6.75. The summed E-state index contributed by atoms with van der Waals surface area (Å²) in [4.78, 5) is 21.8. The number of hydrogen-bond acceptors (Lipinski definition) is 3. The van der Waals surface area contributed by atoms with Gasteiger partial charge in [-0.15, -0.1) is 11.3 Å². The average Bonchev–Trinajstić information content (AvgIpc) is 2.85. The van der Waals surface area contributed by atoms with Gasteiger partial charge >= 0.3 is 0 Å². The van der Waals surface area contributed by atoms with Crippen molar-refractivity contribution in [1.82, 2.24) is 9.97 Å². The van der Waals surface area contributed by atoms with E-state index in [1.54, 1.807) is 16.2 Å². The Kier molecular flexibility index (Phi) is 3.44. The molecule has 4 rings (SSSR count). The number of thiophene rings is 1. The van der Waals surface area contributed by atoms with Gasteiger partial charge < -0.3 is 9.88 Å². The van der Waals surface area contributed by atoms with Gasteiger partial charge in [-0.1, -0.05) is 30.3 Å². The van der Waals surface area contributed by atoms with Crippen LogP contribution >= 0.6 is 23.6 Å². The molecule has 0 amide bonds. The molecule has 0 saturated heterocycles. The second-order valence-corrected chi connectivity index (χ2v) is 7.22. The SMILES string of the molecule is O=c1[nH]c(=S)[nH]c2sc3c(c12)CC[NH+](Cc1ccccc1)C3. The maximum Gasteiger partial charge on any atom is 0.260 e. The van der Waals surface area contributed by atoms with Gasteiger partial charge in [0.05, 0.1) is 16.8 Å². The van der Waals surface area contributed by atoms with Crippen molar-refractivity contribution < 1.29 is 4.90 Å². The van der Waals surface area contributed by atoms with Crippen LogP contribution in [0.5, 0.6) is 0 Å². The molecule has 3 heterocycles. The van der Waals surface area contributed by atoms with Crippen LogP contribution in [0.3, 0.4) is 0 Å². The van der Waals surface area contributed by atoms with Crippen molar-refractivity contribution in [3.05, 3.63) is 61.5 Å². The normalized spacial score (nSPS) is 17.5. The first-order valence-electron chi connectivity index (χ1n) is 7.35. The maximum absolute atomic E-state index is 12.2. The minimum absolute atomic E-state index is 0.0530. The van der Waals surface area contributed by atoms with Crippen molar-refractivity contribution in [1.29, 1.82) is 0 Å². The smallest absolute Gasteiger partial charge is 0.260 e. The highest BCUT2D eigenvalue weighted by molar-refractivity contribution is 7.71. The molecular weight excluding hydrogens is 314 g/mol. The highest BCUT2D eigenvalue weighted by atomic mass is 32.1. The third-order valence-corrected chi connectivity index (χ3v) is 5.56. The van der Waals surface area contributed by atoms with Crippen molar-refractivity contribution in [3.63, 3.8) is 0 Å². The third kappa shape index (κ3) is 2.43. The van der Waals surface area contributed by atoms with Crippen molar-refractivity contribution in [2.24, 2.45) is 0 Å². The minimum atomic E-state index is -0.0530. The van der Waals surface area contributed by atoms with E-state index in [1.807, 2.05) is 6.07 Å². The number of aromatic amines is 2. The fourth-order valence-corrected chi connectivity index (χ4v) is 4.78. The molecule has 3 aromatic rings. The number of benzene rings is 1. The lowest BCUT2D eigenvalue weighted by Crippen LogP contribution is -3.10. The van der Waals surface area contributed by atoms with E-state index >= 15 is 0 Å². The summed E-state index contributed by atoms with van der Waals surface area (Å²) in [6.07, 6.45) is 0.950. The Morgan fingerprint density at radius 3 is 2.86 bits per heavy atom. The van der Waals surface area contributed by atoms with E-state index in [-0.39, 0.29) is 5.56 Å². The van der Waals surface area contributed by atoms with E-state index in [0.717, 1.165) is 36.3 Å².